The SMILES string of the molecule is c1ccc(N(c2nccnn2)[Si](c2ccccc2)(c2ccccc2)c2ccccc2)cc1. The van der Waals surface area contributed by atoms with Crippen molar-refractivity contribution in [2.45, 2.75) is 0 Å². The van der Waals surface area contributed by atoms with Gasteiger partial charge in [-0.25, -0.2) is 4.98 Å². The summed E-state index contributed by atoms with van der Waals surface area (Å²) in [7, 11) is -2.87. The van der Waals surface area contributed by atoms with Crippen LogP contribution in [-0.2, 0) is 0 Å². The van der Waals surface area contributed by atoms with Crippen LogP contribution in [0.1, 0.15) is 0 Å². The van der Waals surface area contributed by atoms with Gasteiger partial charge in [0.1, 0.15) is 0 Å². The molecule has 0 fully saturated rings. The first kappa shape index (κ1) is 19.8. The molecule has 1 aromatic heterocycles. The summed E-state index contributed by atoms with van der Waals surface area (Å²) < 4.78 is 2.32. The van der Waals surface area contributed by atoms with Gasteiger partial charge in [0.15, 0.2) is 0 Å². The Morgan fingerprint density at radius 1 is 0.500 bits per heavy atom. The van der Waals surface area contributed by atoms with E-state index >= 15 is 0 Å². The molecule has 0 unspecified atom stereocenters. The van der Waals surface area contributed by atoms with Crippen molar-refractivity contribution >= 4 is 35.4 Å². The maximum atomic E-state index is 4.68. The number of nitrogens with zero attached hydrogens (tertiary/aromatic N) is 4. The van der Waals surface area contributed by atoms with E-state index < -0.39 is 8.24 Å². The molecule has 0 saturated heterocycles. The van der Waals surface area contributed by atoms with Gasteiger partial charge in [-0.3, -0.25) is 0 Å². The predicted octanol–water partition coefficient (Wildman–Crippen LogP) is 3.68. The highest BCUT2D eigenvalue weighted by atomic mass is 28.3. The quantitative estimate of drug-likeness (QED) is 0.304. The lowest BCUT2D eigenvalue weighted by molar-refractivity contribution is 0.955. The average Bonchev–Trinajstić information content (AvgIpc) is 2.90. The molecule has 0 amide bonds. The normalized spacial score (nSPS) is 11.1. The van der Waals surface area contributed by atoms with Gasteiger partial charge in [0.2, 0.25) is 5.95 Å². The van der Waals surface area contributed by atoms with E-state index in [0.29, 0.717) is 5.95 Å². The van der Waals surface area contributed by atoms with Gasteiger partial charge in [-0.05, 0) is 27.7 Å². The second kappa shape index (κ2) is 8.96. The third-order valence-corrected chi connectivity index (χ3v) is 10.2. The summed E-state index contributed by atoms with van der Waals surface area (Å²) in [6.07, 6.45) is 3.32. The van der Waals surface area contributed by atoms with Crippen LogP contribution in [0, 0.1) is 0 Å². The molecule has 4 nitrogen and oxygen atoms in total. The van der Waals surface area contributed by atoms with E-state index in [4.69, 9.17) is 0 Å². The average molecular weight is 431 g/mol. The molecule has 4 aromatic carbocycles. The van der Waals surface area contributed by atoms with Crippen molar-refractivity contribution in [2.24, 2.45) is 0 Å². The van der Waals surface area contributed by atoms with Crippen LogP contribution in [0.2, 0.25) is 0 Å². The van der Waals surface area contributed by atoms with Gasteiger partial charge in [-0.15, -0.1) is 5.10 Å². The summed E-state index contributed by atoms with van der Waals surface area (Å²) in [5.74, 6) is 0.585. The van der Waals surface area contributed by atoms with Crippen LogP contribution in [0.3, 0.4) is 0 Å². The Labute approximate surface area is 189 Å². The zero-order valence-electron chi connectivity index (χ0n) is 17.5. The molecule has 0 radical (unpaired) electrons. The summed E-state index contributed by atoms with van der Waals surface area (Å²) >= 11 is 0. The van der Waals surface area contributed by atoms with Crippen LogP contribution in [0.4, 0.5) is 11.6 Å². The molecule has 5 rings (SSSR count). The van der Waals surface area contributed by atoms with Gasteiger partial charge in [-0.1, -0.05) is 109 Å². The van der Waals surface area contributed by atoms with Crippen molar-refractivity contribution in [3.63, 3.8) is 0 Å². The molecule has 0 aliphatic rings. The first-order valence-electron chi connectivity index (χ1n) is 10.6. The van der Waals surface area contributed by atoms with E-state index in [1.807, 2.05) is 6.07 Å². The highest BCUT2D eigenvalue weighted by Crippen LogP contribution is 2.28. The van der Waals surface area contributed by atoms with Gasteiger partial charge >= 0.3 is 0 Å². The van der Waals surface area contributed by atoms with E-state index in [2.05, 4.69) is 135 Å². The number of anilines is 2. The van der Waals surface area contributed by atoms with Crippen LogP contribution in [-0.4, -0.2) is 23.4 Å². The van der Waals surface area contributed by atoms with Gasteiger partial charge in [0.25, 0.3) is 8.24 Å². The van der Waals surface area contributed by atoms with Crippen molar-refractivity contribution in [2.75, 3.05) is 4.57 Å². The first-order chi connectivity index (χ1) is 15.9. The predicted molar refractivity (Wildman–Crippen MR) is 132 cm³/mol. The molecule has 154 valence electrons. The van der Waals surface area contributed by atoms with Crippen LogP contribution in [0.5, 0.6) is 0 Å². The Morgan fingerprint density at radius 2 is 0.938 bits per heavy atom. The third kappa shape index (κ3) is 3.49. The third-order valence-electron chi connectivity index (χ3n) is 5.60. The van der Waals surface area contributed by atoms with Crippen molar-refractivity contribution in [3.8, 4) is 0 Å². The smallest absolute Gasteiger partial charge is 0.260 e. The molecule has 0 aliphatic heterocycles. The maximum absolute atomic E-state index is 4.68. The molecule has 5 heteroatoms. The molecular formula is C27H22N4Si. The van der Waals surface area contributed by atoms with Crippen molar-refractivity contribution < 1.29 is 0 Å². The summed E-state index contributed by atoms with van der Waals surface area (Å²) in [4.78, 5) is 4.68. The molecule has 0 spiro atoms. The number of hydrogen-bond donors (Lipinski definition) is 0. The van der Waals surface area contributed by atoms with E-state index in [0.717, 1.165) is 5.69 Å². The molecule has 1 heterocycles. The van der Waals surface area contributed by atoms with E-state index in [1.54, 1.807) is 12.4 Å². The lowest BCUT2D eigenvalue weighted by Gasteiger charge is -2.43. The van der Waals surface area contributed by atoms with Gasteiger partial charge in [0.05, 0.1) is 12.4 Å². The molecule has 0 aliphatic carbocycles. The molecule has 5 aromatic rings. The van der Waals surface area contributed by atoms with Crippen molar-refractivity contribution in [1.29, 1.82) is 0 Å². The standard InChI is InChI=1S/C27H22N4Si/c1-5-13-23(14-6-1)31(27-28-21-22-29-30-27)32(24-15-7-2-8-16-24,25-17-9-3-10-18-25)26-19-11-4-12-20-26/h1-22H. The zero-order chi connectivity index (χ0) is 21.6. The second-order valence-corrected chi connectivity index (χ2v) is 11.0. The number of aromatic nitrogens is 3. The van der Waals surface area contributed by atoms with Crippen molar-refractivity contribution in [1.82, 2.24) is 15.2 Å². The Balaban J connectivity index is 1.94. The van der Waals surface area contributed by atoms with E-state index in [-0.39, 0.29) is 0 Å². The Kier molecular flexibility index (Phi) is 5.55. The zero-order valence-corrected chi connectivity index (χ0v) is 18.5. The van der Waals surface area contributed by atoms with Gasteiger partial charge in [0, 0.05) is 5.69 Å². The Hall–Kier alpha value is -4.09. The molecule has 0 atom stereocenters. The minimum absolute atomic E-state index is 0.585. The van der Waals surface area contributed by atoms with Crippen LogP contribution < -0.4 is 20.1 Å². The maximum Gasteiger partial charge on any atom is 0.260 e. The topological polar surface area (TPSA) is 41.9 Å². The molecule has 0 N–H and O–H groups in total. The summed E-state index contributed by atoms with van der Waals surface area (Å²) in [5.41, 5.74) is 1.03. The lowest BCUT2D eigenvalue weighted by atomic mass is 10.3. The summed E-state index contributed by atoms with van der Waals surface area (Å²) in [6.45, 7) is 0. The minimum Gasteiger partial charge on any atom is -0.324 e. The van der Waals surface area contributed by atoms with E-state index in [9.17, 15) is 0 Å². The minimum atomic E-state index is -2.87. The highest BCUT2D eigenvalue weighted by molar-refractivity contribution is 7.14. The first-order valence-corrected chi connectivity index (χ1v) is 12.5. The van der Waals surface area contributed by atoms with Gasteiger partial charge < -0.3 is 4.57 Å². The number of benzene rings is 4. The fraction of sp³-hybridized carbons (Fsp3) is 0. The van der Waals surface area contributed by atoms with Crippen LogP contribution >= 0.6 is 0 Å². The fourth-order valence-corrected chi connectivity index (χ4v) is 9.04. The molecule has 0 bridgehead atoms. The molecule has 32 heavy (non-hydrogen) atoms. The molecule has 0 saturated carbocycles. The van der Waals surface area contributed by atoms with Gasteiger partial charge in [-0.2, -0.15) is 5.10 Å². The Bertz CT molecular complexity index is 1120. The lowest BCUT2D eigenvalue weighted by Crippen LogP contribution is -2.76. The summed E-state index contributed by atoms with van der Waals surface area (Å²) in [6, 6.07) is 42.5. The van der Waals surface area contributed by atoms with Crippen molar-refractivity contribution in [3.05, 3.63) is 134 Å². The number of rotatable bonds is 6. The monoisotopic (exact) mass is 430 g/mol. The van der Waals surface area contributed by atoms with Crippen LogP contribution in [0.25, 0.3) is 0 Å². The highest BCUT2D eigenvalue weighted by Gasteiger charge is 2.48. The fourth-order valence-electron chi connectivity index (χ4n) is 4.30. The number of hydrogen-bond acceptors (Lipinski definition) is 4. The summed E-state index contributed by atoms with van der Waals surface area (Å²) in [5, 5.41) is 12.4. The number of para-hydroxylation sites is 1. The van der Waals surface area contributed by atoms with E-state index in [1.165, 1.54) is 15.6 Å². The molecular weight excluding hydrogens is 408 g/mol. The van der Waals surface area contributed by atoms with Crippen LogP contribution in [0.15, 0.2) is 134 Å². The Morgan fingerprint density at radius 3 is 1.34 bits per heavy atom. The largest absolute Gasteiger partial charge is 0.324 e. The second-order valence-electron chi connectivity index (χ2n) is 7.42.